The lowest BCUT2D eigenvalue weighted by molar-refractivity contribution is -0.138. The summed E-state index contributed by atoms with van der Waals surface area (Å²) in [6.07, 6.45) is 1.99. The highest BCUT2D eigenvalue weighted by Crippen LogP contribution is 2.23. The molecule has 0 amide bonds. The number of rotatable bonds is 5. The Labute approximate surface area is 150 Å². The van der Waals surface area contributed by atoms with Crippen molar-refractivity contribution in [2.24, 2.45) is 0 Å². The van der Waals surface area contributed by atoms with E-state index in [2.05, 4.69) is 9.97 Å². The van der Waals surface area contributed by atoms with Crippen LogP contribution in [0.2, 0.25) is 0 Å². The van der Waals surface area contributed by atoms with Crippen LogP contribution in [0.3, 0.4) is 0 Å². The Morgan fingerprint density at radius 1 is 1.27 bits per heavy atom. The van der Waals surface area contributed by atoms with Crippen LogP contribution < -0.4 is 5.69 Å². The lowest BCUT2D eigenvalue weighted by Gasteiger charge is -2.25. The fourth-order valence-corrected chi connectivity index (χ4v) is 4.92. The van der Waals surface area contributed by atoms with E-state index in [1.165, 1.54) is 16.4 Å². The smallest absolute Gasteiger partial charge is 0.323 e. The first kappa shape index (κ1) is 18.6. The van der Waals surface area contributed by atoms with Gasteiger partial charge in [0, 0.05) is 19.1 Å². The first-order chi connectivity index (χ1) is 12.3. The highest BCUT2D eigenvalue weighted by atomic mass is 32.2. The van der Waals surface area contributed by atoms with E-state index < -0.39 is 16.0 Å². The number of carboxylic acids is 1. The summed E-state index contributed by atoms with van der Waals surface area (Å²) >= 11 is 0. The molecule has 1 unspecified atom stereocenters. The Morgan fingerprint density at radius 2 is 2.00 bits per heavy atom. The minimum Gasteiger partial charge on any atom is -0.480 e. The van der Waals surface area contributed by atoms with Crippen molar-refractivity contribution in [3.8, 4) is 0 Å². The maximum atomic E-state index is 13.0. The number of sulfonamides is 1. The number of aromatic nitrogens is 2. The summed E-state index contributed by atoms with van der Waals surface area (Å²) in [5, 5.41) is 8.93. The van der Waals surface area contributed by atoms with Crippen LogP contribution >= 0.6 is 0 Å². The zero-order chi connectivity index (χ0) is 18.9. The number of nitrogens with zero attached hydrogens (tertiary/aromatic N) is 2. The fourth-order valence-electron chi connectivity index (χ4n) is 3.40. The third kappa shape index (κ3) is 3.81. The van der Waals surface area contributed by atoms with Crippen LogP contribution in [0.5, 0.6) is 0 Å². The van der Waals surface area contributed by atoms with Gasteiger partial charge in [-0.3, -0.25) is 9.69 Å². The molecule has 3 rings (SSSR count). The highest BCUT2D eigenvalue weighted by Gasteiger charge is 2.29. The molecule has 26 heavy (non-hydrogen) atoms. The van der Waals surface area contributed by atoms with Gasteiger partial charge >= 0.3 is 11.7 Å². The molecule has 1 aliphatic rings. The predicted molar refractivity (Wildman–Crippen MR) is 95.6 cm³/mol. The highest BCUT2D eigenvalue weighted by molar-refractivity contribution is 7.89. The standard InChI is InChI=1S/C16H22N4O5S/c1-19(10-15(21)22)11-3-2-7-20(8-6-11)26(24,25)12-4-5-13-14(9-12)18-16(23)17-13/h4-5,9,11H,2-3,6-8,10H2,1H3,(H,21,22)(H2,17,18,23). The van der Waals surface area contributed by atoms with Crippen molar-refractivity contribution in [2.45, 2.75) is 30.2 Å². The van der Waals surface area contributed by atoms with E-state index in [0.29, 0.717) is 37.0 Å². The molecular formula is C16H22N4O5S. The summed E-state index contributed by atoms with van der Waals surface area (Å²) in [6.45, 7) is 0.662. The number of likely N-dealkylation sites (N-methyl/N-ethyl adjacent to an activating group) is 1. The topological polar surface area (TPSA) is 127 Å². The van der Waals surface area contributed by atoms with E-state index in [4.69, 9.17) is 5.11 Å². The van der Waals surface area contributed by atoms with Gasteiger partial charge in [0.15, 0.2) is 0 Å². The number of benzene rings is 1. The summed E-state index contributed by atoms with van der Waals surface area (Å²) in [6, 6.07) is 4.55. The molecule has 2 aromatic rings. The SMILES string of the molecule is CN(CC(=O)O)C1CCCN(S(=O)(=O)c2ccc3[nH]c(=O)[nH]c3c2)CC1. The molecule has 0 saturated carbocycles. The van der Waals surface area contributed by atoms with Crippen molar-refractivity contribution < 1.29 is 18.3 Å². The predicted octanol–water partition coefficient (Wildman–Crippen LogP) is 0.416. The number of hydrogen-bond donors (Lipinski definition) is 3. The molecule has 3 N–H and O–H groups in total. The Morgan fingerprint density at radius 3 is 2.73 bits per heavy atom. The van der Waals surface area contributed by atoms with Crippen LogP contribution in [0.1, 0.15) is 19.3 Å². The van der Waals surface area contributed by atoms with Crippen LogP contribution in [-0.2, 0) is 14.8 Å². The van der Waals surface area contributed by atoms with Crippen molar-refractivity contribution >= 4 is 27.0 Å². The number of aliphatic carboxylic acids is 1. The molecule has 2 heterocycles. The van der Waals surface area contributed by atoms with Gasteiger partial charge in [-0.2, -0.15) is 4.31 Å². The van der Waals surface area contributed by atoms with Crippen LogP contribution in [0.15, 0.2) is 27.9 Å². The first-order valence-corrected chi connectivity index (χ1v) is 9.85. The second-order valence-corrected chi connectivity index (χ2v) is 8.52. The molecule has 1 atom stereocenters. The maximum absolute atomic E-state index is 13.0. The zero-order valence-electron chi connectivity index (χ0n) is 14.4. The third-order valence-electron chi connectivity index (χ3n) is 4.79. The second kappa shape index (κ2) is 7.22. The molecule has 0 spiro atoms. The van der Waals surface area contributed by atoms with Crippen LogP contribution in [0.25, 0.3) is 11.0 Å². The Bertz CT molecular complexity index is 964. The summed E-state index contributed by atoms with van der Waals surface area (Å²) in [4.78, 5) is 29.3. The normalized spacial score (nSPS) is 19.7. The van der Waals surface area contributed by atoms with E-state index in [0.717, 1.165) is 6.42 Å². The molecule has 142 valence electrons. The molecule has 10 heteroatoms. The van der Waals surface area contributed by atoms with Gasteiger partial charge in [0.2, 0.25) is 10.0 Å². The van der Waals surface area contributed by atoms with Gasteiger partial charge in [-0.15, -0.1) is 0 Å². The molecule has 0 bridgehead atoms. The molecule has 0 radical (unpaired) electrons. The van der Waals surface area contributed by atoms with E-state index >= 15 is 0 Å². The Hall–Kier alpha value is -2.17. The minimum absolute atomic E-state index is 0.0369. The van der Waals surface area contributed by atoms with Crippen molar-refractivity contribution in [3.05, 3.63) is 28.7 Å². The molecule has 1 aromatic heterocycles. The van der Waals surface area contributed by atoms with Gasteiger partial charge < -0.3 is 15.1 Å². The average molecular weight is 382 g/mol. The molecule has 1 fully saturated rings. The quantitative estimate of drug-likeness (QED) is 0.688. The van der Waals surface area contributed by atoms with Crippen LogP contribution in [0.4, 0.5) is 0 Å². The Kier molecular flexibility index (Phi) is 5.17. The molecule has 1 aliphatic heterocycles. The lowest BCUT2D eigenvalue weighted by Crippen LogP contribution is -2.37. The number of H-pyrrole nitrogens is 2. The first-order valence-electron chi connectivity index (χ1n) is 8.41. The number of carboxylic acid groups (broad SMARTS) is 1. The number of fused-ring (bicyclic) bond motifs is 1. The maximum Gasteiger partial charge on any atom is 0.323 e. The van der Waals surface area contributed by atoms with Gasteiger partial charge in [0.05, 0.1) is 22.5 Å². The van der Waals surface area contributed by atoms with Crippen molar-refractivity contribution in [1.29, 1.82) is 0 Å². The van der Waals surface area contributed by atoms with E-state index in [1.807, 2.05) is 0 Å². The van der Waals surface area contributed by atoms with E-state index in [9.17, 15) is 18.0 Å². The fraction of sp³-hybridized carbons (Fsp3) is 0.500. The van der Waals surface area contributed by atoms with Gasteiger partial charge in [0.25, 0.3) is 0 Å². The molecule has 1 saturated heterocycles. The van der Waals surface area contributed by atoms with Crippen molar-refractivity contribution in [1.82, 2.24) is 19.2 Å². The average Bonchev–Trinajstić information content (AvgIpc) is 2.77. The second-order valence-electron chi connectivity index (χ2n) is 6.58. The molecular weight excluding hydrogens is 360 g/mol. The lowest BCUT2D eigenvalue weighted by atomic mass is 10.1. The van der Waals surface area contributed by atoms with Gasteiger partial charge in [0.1, 0.15) is 0 Å². The molecule has 9 nitrogen and oxygen atoms in total. The van der Waals surface area contributed by atoms with Gasteiger partial charge in [-0.05, 0) is 44.5 Å². The monoisotopic (exact) mass is 382 g/mol. The number of aromatic amines is 2. The summed E-state index contributed by atoms with van der Waals surface area (Å²) in [7, 11) is -1.93. The molecule has 1 aromatic carbocycles. The number of nitrogens with one attached hydrogen (secondary N) is 2. The van der Waals surface area contributed by atoms with Crippen molar-refractivity contribution in [2.75, 3.05) is 26.7 Å². The Balaban J connectivity index is 1.78. The van der Waals surface area contributed by atoms with Crippen molar-refractivity contribution in [3.63, 3.8) is 0 Å². The minimum atomic E-state index is -3.68. The van der Waals surface area contributed by atoms with Crippen LogP contribution in [0, 0.1) is 0 Å². The summed E-state index contributed by atoms with van der Waals surface area (Å²) in [5.41, 5.74) is 0.624. The van der Waals surface area contributed by atoms with Gasteiger partial charge in [-0.25, -0.2) is 13.2 Å². The number of hydrogen-bond acceptors (Lipinski definition) is 5. The summed E-state index contributed by atoms with van der Waals surface area (Å²) in [5.74, 6) is -0.893. The zero-order valence-corrected chi connectivity index (χ0v) is 15.3. The summed E-state index contributed by atoms with van der Waals surface area (Å²) < 4.78 is 27.4. The number of imidazole rings is 1. The number of carbonyl (C=O) groups is 1. The molecule has 0 aliphatic carbocycles. The third-order valence-corrected chi connectivity index (χ3v) is 6.68. The van der Waals surface area contributed by atoms with E-state index in [-0.39, 0.29) is 23.2 Å². The van der Waals surface area contributed by atoms with Crippen LogP contribution in [-0.4, -0.2) is 71.4 Å². The van der Waals surface area contributed by atoms with Gasteiger partial charge in [-0.1, -0.05) is 0 Å². The van der Waals surface area contributed by atoms with E-state index in [1.54, 1.807) is 18.0 Å². The largest absolute Gasteiger partial charge is 0.480 e.